The molecule has 1 aliphatic rings. The summed E-state index contributed by atoms with van der Waals surface area (Å²) < 4.78 is 11.8. The molecule has 0 amide bonds. The van der Waals surface area contributed by atoms with Crippen molar-refractivity contribution in [1.82, 2.24) is 15.2 Å². The molecule has 8 heteroatoms. The van der Waals surface area contributed by atoms with Crippen LogP contribution in [0.2, 0.25) is 0 Å². The first-order valence-electron chi connectivity index (χ1n) is 8.38. The van der Waals surface area contributed by atoms with Crippen molar-refractivity contribution in [3.05, 3.63) is 11.6 Å². The van der Waals surface area contributed by atoms with Crippen LogP contribution in [0.3, 0.4) is 0 Å². The summed E-state index contributed by atoms with van der Waals surface area (Å²) in [6.45, 7) is 5.15. The number of aliphatic imine (C=N–C) groups is 1. The molecule has 6 nitrogen and oxygen atoms in total. The van der Waals surface area contributed by atoms with Gasteiger partial charge in [-0.1, -0.05) is 11.8 Å². The number of thiazole rings is 1. The van der Waals surface area contributed by atoms with E-state index >= 15 is 0 Å². The molecule has 0 aromatic carbocycles. The molecule has 1 atom stereocenters. The van der Waals surface area contributed by atoms with Crippen LogP contribution in [0.15, 0.2) is 20.9 Å². The Kier molecular flexibility index (Phi) is 9.48. The summed E-state index contributed by atoms with van der Waals surface area (Å²) in [6, 6.07) is 0. The topological polar surface area (TPSA) is 59.0 Å². The number of thioether (sulfide) groups is 1. The Bertz CT molecular complexity index is 471. The van der Waals surface area contributed by atoms with E-state index in [1.54, 1.807) is 18.4 Å². The molecular formula is C16H28N4O2S2. The van der Waals surface area contributed by atoms with Gasteiger partial charge in [-0.15, -0.1) is 11.3 Å². The maximum Gasteiger partial charge on any atom is 0.193 e. The number of hydrogen-bond acceptors (Lipinski definition) is 6. The van der Waals surface area contributed by atoms with Gasteiger partial charge in [0.2, 0.25) is 0 Å². The molecule has 0 aliphatic carbocycles. The SMILES string of the molecule is CN=C(NCCCSc1nccs1)N1CCC(COCCOC)C1. The van der Waals surface area contributed by atoms with Crippen molar-refractivity contribution < 1.29 is 9.47 Å². The van der Waals surface area contributed by atoms with E-state index in [1.807, 2.05) is 30.4 Å². The molecule has 0 spiro atoms. The van der Waals surface area contributed by atoms with Crippen LogP contribution >= 0.6 is 23.1 Å². The minimum absolute atomic E-state index is 0.584. The second kappa shape index (κ2) is 11.7. The van der Waals surface area contributed by atoms with E-state index in [0.29, 0.717) is 19.1 Å². The third-order valence-corrected chi connectivity index (χ3v) is 5.87. The lowest BCUT2D eigenvalue weighted by molar-refractivity contribution is 0.0536. The molecule has 24 heavy (non-hydrogen) atoms. The zero-order chi connectivity index (χ0) is 17.0. The van der Waals surface area contributed by atoms with E-state index in [1.165, 1.54) is 0 Å². The van der Waals surface area contributed by atoms with Gasteiger partial charge in [0, 0.05) is 57.0 Å². The zero-order valence-electron chi connectivity index (χ0n) is 14.6. The highest BCUT2D eigenvalue weighted by atomic mass is 32.2. The van der Waals surface area contributed by atoms with Gasteiger partial charge in [0.15, 0.2) is 5.96 Å². The van der Waals surface area contributed by atoms with E-state index < -0.39 is 0 Å². The van der Waals surface area contributed by atoms with Crippen LogP contribution in [-0.2, 0) is 9.47 Å². The first-order valence-corrected chi connectivity index (χ1v) is 10.2. The summed E-state index contributed by atoms with van der Waals surface area (Å²) in [5, 5.41) is 5.49. The van der Waals surface area contributed by atoms with Crippen molar-refractivity contribution in [2.45, 2.75) is 17.2 Å². The van der Waals surface area contributed by atoms with Gasteiger partial charge in [0.1, 0.15) is 4.34 Å². The molecular weight excluding hydrogens is 344 g/mol. The minimum Gasteiger partial charge on any atom is -0.382 e. The standard InChI is InChI=1S/C16H28N4O2S2/c1-17-15(18-5-3-10-23-16-19-6-11-24-16)20-7-4-14(12-20)13-22-9-8-21-2/h6,11,14H,3-5,7-10,12-13H2,1-2H3,(H,17,18). The second-order valence-electron chi connectivity index (χ2n) is 5.64. The van der Waals surface area contributed by atoms with Crippen molar-refractivity contribution in [2.75, 3.05) is 59.4 Å². The number of hydrogen-bond donors (Lipinski definition) is 1. The van der Waals surface area contributed by atoms with Crippen molar-refractivity contribution in [1.29, 1.82) is 0 Å². The van der Waals surface area contributed by atoms with Crippen molar-refractivity contribution in [3.8, 4) is 0 Å². The Morgan fingerprint density at radius 1 is 1.54 bits per heavy atom. The number of aromatic nitrogens is 1. The Labute approximate surface area is 153 Å². The van der Waals surface area contributed by atoms with Crippen LogP contribution in [0.4, 0.5) is 0 Å². The van der Waals surface area contributed by atoms with E-state index in [9.17, 15) is 0 Å². The monoisotopic (exact) mass is 372 g/mol. The van der Waals surface area contributed by atoms with Gasteiger partial charge in [-0.05, 0) is 12.8 Å². The number of methoxy groups -OCH3 is 1. The Balaban J connectivity index is 1.58. The van der Waals surface area contributed by atoms with Crippen LogP contribution in [0.25, 0.3) is 0 Å². The van der Waals surface area contributed by atoms with E-state index in [2.05, 4.69) is 20.2 Å². The number of likely N-dealkylation sites (tertiary alicyclic amines) is 1. The zero-order valence-corrected chi connectivity index (χ0v) is 16.2. The molecule has 2 rings (SSSR count). The van der Waals surface area contributed by atoms with Crippen LogP contribution in [-0.4, -0.2) is 75.2 Å². The first-order chi connectivity index (χ1) is 11.8. The first kappa shape index (κ1) is 19.5. The third kappa shape index (κ3) is 6.96. The lowest BCUT2D eigenvalue weighted by Gasteiger charge is -2.21. The average Bonchev–Trinajstić information content (AvgIpc) is 3.27. The highest BCUT2D eigenvalue weighted by Gasteiger charge is 2.24. The molecule has 1 unspecified atom stereocenters. The summed E-state index contributed by atoms with van der Waals surface area (Å²) in [5.74, 6) is 2.67. The normalized spacial score (nSPS) is 18.3. The molecule has 1 N–H and O–H groups in total. The lowest BCUT2D eigenvalue weighted by atomic mass is 10.1. The van der Waals surface area contributed by atoms with Crippen molar-refractivity contribution in [3.63, 3.8) is 0 Å². The molecule has 1 fully saturated rings. The predicted octanol–water partition coefficient (Wildman–Crippen LogP) is 2.19. The van der Waals surface area contributed by atoms with Gasteiger partial charge in [-0.3, -0.25) is 4.99 Å². The number of guanidine groups is 1. The van der Waals surface area contributed by atoms with Gasteiger partial charge in [-0.25, -0.2) is 4.98 Å². The summed E-state index contributed by atoms with van der Waals surface area (Å²) in [5.41, 5.74) is 0. The van der Waals surface area contributed by atoms with Crippen molar-refractivity contribution >= 4 is 29.1 Å². The molecule has 1 saturated heterocycles. The molecule has 1 aromatic heterocycles. The average molecular weight is 373 g/mol. The van der Waals surface area contributed by atoms with Crippen LogP contribution in [0.5, 0.6) is 0 Å². The van der Waals surface area contributed by atoms with Gasteiger partial charge in [0.05, 0.1) is 19.8 Å². The molecule has 2 heterocycles. The van der Waals surface area contributed by atoms with Gasteiger partial charge in [-0.2, -0.15) is 0 Å². The molecule has 0 bridgehead atoms. The molecule has 1 aromatic rings. The highest BCUT2D eigenvalue weighted by molar-refractivity contribution is 8.00. The maximum atomic E-state index is 5.65. The van der Waals surface area contributed by atoms with E-state index in [0.717, 1.165) is 55.1 Å². The fraction of sp³-hybridized carbons (Fsp3) is 0.750. The summed E-state index contributed by atoms with van der Waals surface area (Å²) in [6.07, 6.45) is 4.12. The fourth-order valence-electron chi connectivity index (χ4n) is 2.60. The summed E-state index contributed by atoms with van der Waals surface area (Å²) >= 11 is 3.52. The van der Waals surface area contributed by atoms with Gasteiger partial charge >= 0.3 is 0 Å². The molecule has 0 saturated carbocycles. The van der Waals surface area contributed by atoms with Crippen molar-refractivity contribution in [2.24, 2.45) is 10.9 Å². The third-order valence-electron chi connectivity index (χ3n) is 3.82. The number of rotatable bonds is 10. The largest absolute Gasteiger partial charge is 0.382 e. The Morgan fingerprint density at radius 2 is 2.46 bits per heavy atom. The highest BCUT2D eigenvalue weighted by Crippen LogP contribution is 2.20. The molecule has 1 aliphatic heterocycles. The smallest absolute Gasteiger partial charge is 0.193 e. The predicted molar refractivity (Wildman–Crippen MR) is 101 cm³/mol. The quantitative estimate of drug-likeness (QED) is 0.294. The lowest BCUT2D eigenvalue weighted by Crippen LogP contribution is -2.40. The van der Waals surface area contributed by atoms with Crippen LogP contribution in [0, 0.1) is 5.92 Å². The fourth-order valence-corrected chi connectivity index (χ4v) is 4.25. The number of nitrogens with one attached hydrogen (secondary N) is 1. The van der Waals surface area contributed by atoms with E-state index in [4.69, 9.17) is 9.47 Å². The molecule has 0 radical (unpaired) electrons. The van der Waals surface area contributed by atoms with Gasteiger partial charge in [0.25, 0.3) is 0 Å². The Morgan fingerprint density at radius 3 is 3.21 bits per heavy atom. The van der Waals surface area contributed by atoms with Crippen LogP contribution < -0.4 is 5.32 Å². The minimum atomic E-state index is 0.584. The maximum absolute atomic E-state index is 5.65. The Hall–Kier alpha value is -0.830. The molecule has 136 valence electrons. The second-order valence-corrected chi connectivity index (χ2v) is 7.88. The summed E-state index contributed by atoms with van der Waals surface area (Å²) in [4.78, 5) is 11.0. The number of nitrogens with zero attached hydrogens (tertiary/aromatic N) is 3. The summed E-state index contributed by atoms with van der Waals surface area (Å²) in [7, 11) is 3.56. The van der Waals surface area contributed by atoms with Gasteiger partial charge < -0.3 is 19.7 Å². The van der Waals surface area contributed by atoms with Crippen LogP contribution in [0.1, 0.15) is 12.8 Å². The van der Waals surface area contributed by atoms with E-state index in [-0.39, 0.29) is 0 Å². The number of ether oxygens (including phenoxy) is 2.